The maximum atomic E-state index is 12.6. The van der Waals surface area contributed by atoms with Crippen molar-refractivity contribution in [1.82, 2.24) is 30.0 Å². The quantitative estimate of drug-likeness (QED) is 0.152. The van der Waals surface area contributed by atoms with Gasteiger partial charge in [0, 0.05) is 112 Å². The Morgan fingerprint density at radius 2 is 1.55 bits per heavy atom. The Hall–Kier alpha value is -5.97. The molecule has 7 fully saturated rings. The number of phenolic OH excluding ortho intramolecular Hbond substituents is 1. The summed E-state index contributed by atoms with van der Waals surface area (Å²) in [5.41, 5.74) is 14.1. The number of para-hydroxylation sites is 1. The first-order valence-corrected chi connectivity index (χ1v) is 24.2. The van der Waals surface area contributed by atoms with Crippen LogP contribution in [0.15, 0.2) is 73.1 Å². The highest BCUT2D eigenvalue weighted by atomic mass is 16.7. The van der Waals surface area contributed by atoms with Crippen LogP contribution in [0.5, 0.6) is 5.75 Å². The second kappa shape index (κ2) is 16.7. The van der Waals surface area contributed by atoms with Crippen molar-refractivity contribution in [3.8, 4) is 17.0 Å². The van der Waals surface area contributed by atoms with Gasteiger partial charge < -0.3 is 44.5 Å². The molecule has 2 atom stereocenters. The van der Waals surface area contributed by atoms with Crippen LogP contribution < -0.4 is 30.7 Å². The van der Waals surface area contributed by atoms with Crippen molar-refractivity contribution in [1.29, 1.82) is 0 Å². The third-order valence-corrected chi connectivity index (χ3v) is 15.6. The number of nitrogens with one attached hydrogen (secondary N) is 1. The minimum absolute atomic E-state index is 0.0196. The summed E-state index contributed by atoms with van der Waals surface area (Å²) < 4.78 is 15.5. The standard InChI is InChI=1S/C50H59N11O5/c51-47-44(24-43(54-55-47)40-6-1-2-7-45(40)62)58-27-36-10-11-37(28-58)61(36)35-5-3-4-34(22-35)57-17-12-32(13-18-57)26-56-20-15-50(16-21-56)65-30-39(31-66-50)60-29-42(33-8-9-33)41-23-38(25-52-48(41)60)59-19-14-46(63)53-49(59)64/h1-7,22-25,29,32-33,36-37,39,62H,8-21,26-28,30-31H2,(H2,51,55)(H,53,63,64). The summed E-state index contributed by atoms with van der Waals surface area (Å²) in [6, 6.07) is 20.9. The number of rotatable bonds is 9. The van der Waals surface area contributed by atoms with Crippen LogP contribution >= 0.6 is 0 Å². The van der Waals surface area contributed by atoms with Crippen molar-refractivity contribution in [2.24, 2.45) is 5.92 Å². The number of aromatic nitrogens is 4. The number of phenols is 1. The number of aromatic hydroxyl groups is 1. The van der Waals surface area contributed by atoms with Gasteiger partial charge in [0.2, 0.25) is 5.91 Å². The van der Waals surface area contributed by atoms with Gasteiger partial charge in [-0.3, -0.25) is 15.0 Å². The van der Waals surface area contributed by atoms with Gasteiger partial charge in [-0.05, 0) is 98.4 Å². The molecule has 1 saturated carbocycles. The van der Waals surface area contributed by atoms with Crippen LogP contribution in [-0.4, -0.2) is 125 Å². The number of piperidine rings is 2. The van der Waals surface area contributed by atoms with E-state index in [9.17, 15) is 14.7 Å². The molecule has 6 aliphatic heterocycles. The Labute approximate surface area is 384 Å². The maximum absolute atomic E-state index is 12.6. The Morgan fingerprint density at radius 1 is 0.788 bits per heavy atom. The predicted octanol–water partition coefficient (Wildman–Crippen LogP) is 6.26. The molecule has 3 amide bonds. The first kappa shape index (κ1) is 41.5. The number of piperazine rings is 1. The first-order chi connectivity index (χ1) is 32.2. The molecule has 66 heavy (non-hydrogen) atoms. The van der Waals surface area contributed by atoms with Gasteiger partial charge in [0.25, 0.3) is 0 Å². The van der Waals surface area contributed by atoms with Crippen molar-refractivity contribution in [3.63, 3.8) is 0 Å². The molecule has 6 saturated heterocycles. The normalized spacial score (nSPS) is 24.2. The molecule has 3 aromatic heterocycles. The van der Waals surface area contributed by atoms with Gasteiger partial charge in [0.05, 0.1) is 42.5 Å². The largest absolute Gasteiger partial charge is 0.507 e. The summed E-state index contributed by atoms with van der Waals surface area (Å²) in [5, 5.41) is 22.6. The highest BCUT2D eigenvalue weighted by molar-refractivity contribution is 6.06. The summed E-state index contributed by atoms with van der Waals surface area (Å²) in [5.74, 6) is 1.01. The van der Waals surface area contributed by atoms with Gasteiger partial charge in [-0.1, -0.05) is 18.2 Å². The van der Waals surface area contributed by atoms with Crippen LogP contribution in [0.25, 0.3) is 22.3 Å². The lowest BCUT2D eigenvalue weighted by molar-refractivity contribution is -0.295. The number of carbonyl (C=O) groups is 2. The molecule has 7 aliphatic rings. The highest BCUT2D eigenvalue weighted by Crippen LogP contribution is 2.46. The monoisotopic (exact) mass is 893 g/mol. The van der Waals surface area contributed by atoms with E-state index in [1.807, 2.05) is 24.3 Å². The van der Waals surface area contributed by atoms with E-state index >= 15 is 0 Å². The molecule has 16 nitrogen and oxygen atoms in total. The molecule has 4 N–H and O–H groups in total. The van der Waals surface area contributed by atoms with Crippen LogP contribution in [0.2, 0.25) is 0 Å². The summed E-state index contributed by atoms with van der Waals surface area (Å²) in [4.78, 5) is 41.1. The Bertz CT molecular complexity index is 2630. The van der Waals surface area contributed by atoms with E-state index < -0.39 is 11.8 Å². The molecular formula is C50H59N11O5. The molecule has 1 aliphatic carbocycles. The van der Waals surface area contributed by atoms with E-state index in [0.717, 1.165) is 101 Å². The summed E-state index contributed by atoms with van der Waals surface area (Å²) >= 11 is 0. The second-order valence-corrected chi connectivity index (χ2v) is 19.7. The number of fused-ring (bicyclic) bond motifs is 3. The number of nitrogens with two attached hydrogens (primary N) is 1. The van der Waals surface area contributed by atoms with Crippen molar-refractivity contribution < 1.29 is 24.2 Å². The van der Waals surface area contributed by atoms with Crippen LogP contribution in [0.1, 0.15) is 75.3 Å². The summed E-state index contributed by atoms with van der Waals surface area (Å²) in [6.07, 6.45) is 13.0. The number of nitrogens with zero attached hydrogens (tertiary/aromatic N) is 9. The number of hydrogen-bond acceptors (Lipinski definition) is 13. The van der Waals surface area contributed by atoms with Crippen molar-refractivity contribution in [2.45, 2.75) is 87.6 Å². The first-order valence-electron chi connectivity index (χ1n) is 24.2. The van der Waals surface area contributed by atoms with Gasteiger partial charge in [0.1, 0.15) is 11.4 Å². The maximum Gasteiger partial charge on any atom is 0.328 e. The molecule has 12 rings (SSSR count). The van der Waals surface area contributed by atoms with Gasteiger partial charge >= 0.3 is 6.03 Å². The zero-order valence-corrected chi connectivity index (χ0v) is 37.4. The SMILES string of the molecule is Nc1nnc(-c2ccccc2O)cc1N1CC2CCC(C1)N2c1cccc(N2CCC(CN3CCC4(CC3)OCC(n3cc(C5CC5)c5cc(N6CCC(=O)NC6=O)cnc53)CO4)CC2)c1. The molecule has 1 spiro atoms. The lowest BCUT2D eigenvalue weighted by atomic mass is 9.94. The van der Waals surface area contributed by atoms with Gasteiger partial charge in [0.15, 0.2) is 11.6 Å². The molecule has 2 aromatic carbocycles. The zero-order chi connectivity index (χ0) is 44.5. The number of urea groups is 1. The van der Waals surface area contributed by atoms with Crippen LogP contribution in [0.3, 0.4) is 0 Å². The number of anilines is 5. The number of nitrogen functional groups attached to an aromatic ring is 1. The summed E-state index contributed by atoms with van der Waals surface area (Å²) in [7, 11) is 0. The number of ether oxygens (including phenoxy) is 2. The molecular weight excluding hydrogens is 835 g/mol. The zero-order valence-electron chi connectivity index (χ0n) is 37.4. The topological polar surface area (TPSA) is 171 Å². The van der Waals surface area contributed by atoms with Gasteiger partial charge in [-0.25, -0.2) is 9.78 Å². The number of carbonyl (C=O) groups excluding carboxylic acids is 2. The molecule has 9 heterocycles. The van der Waals surface area contributed by atoms with E-state index in [2.05, 4.69) is 76.2 Å². The Balaban J connectivity index is 0.629. The van der Waals surface area contributed by atoms with E-state index in [0.29, 0.717) is 66.4 Å². The van der Waals surface area contributed by atoms with Crippen LogP contribution in [0.4, 0.5) is 33.4 Å². The van der Waals surface area contributed by atoms with E-state index in [4.69, 9.17) is 20.2 Å². The van der Waals surface area contributed by atoms with Crippen LogP contribution in [0, 0.1) is 5.92 Å². The van der Waals surface area contributed by atoms with E-state index in [1.54, 1.807) is 17.2 Å². The smallest absolute Gasteiger partial charge is 0.328 e. The third kappa shape index (κ3) is 7.75. The predicted molar refractivity (Wildman–Crippen MR) is 253 cm³/mol. The molecule has 2 unspecified atom stereocenters. The minimum atomic E-state index is -0.532. The number of imide groups is 1. The second-order valence-electron chi connectivity index (χ2n) is 19.7. The molecule has 2 bridgehead atoms. The summed E-state index contributed by atoms with van der Waals surface area (Å²) in [6.45, 7) is 8.43. The third-order valence-electron chi connectivity index (χ3n) is 15.6. The average Bonchev–Trinajstić information content (AvgIpc) is 4.06. The molecule has 5 aromatic rings. The lowest BCUT2D eigenvalue weighted by Crippen LogP contribution is -2.54. The fourth-order valence-electron chi connectivity index (χ4n) is 11.8. The van der Waals surface area contributed by atoms with Gasteiger partial charge in [-0.2, -0.15) is 0 Å². The van der Waals surface area contributed by atoms with Gasteiger partial charge in [-0.15, -0.1) is 10.2 Å². The number of likely N-dealkylation sites (tertiary alicyclic amines) is 1. The fourth-order valence-corrected chi connectivity index (χ4v) is 11.8. The number of amides is 3. The molecule has 344 valence electrons. The Kier molecular flexibility index (Phi) is 10.5. The van der Waals surface area contributed by atoms with Crippen molar-refractivity contribution in [3.05, 3.63) is 78.6 Å². The molecule has 16 heteroatoms. The van der Waals surface area contributed by atoms with Crippen molar-refractivity contribution >= 4 is 51.5 Å². The van der Waals surface area contributed by atoms with E-state index in [1.165, 1.54) is 29.8 Å². The Morgan fingerprint density at radius 3 is 2.29 bits per heavy atom. The van der Waals surface area contributed by atoms with Crippen molar-refractivity contribution in [2.75, 3.05) is 90.9 Å². The average molecular weight is 894 g/mol. The number of hydrogen-bond donors (Lipinski definition) is 3. The van der Waals surface area contributed by atoms with E-state index in [-0.39, 0.29) is 24.1 Å². The number of pyridine rings is 1. The minimum Gasteiger partial charge on any atom is -0.507 e. The molecule has 0 radical (unpaired) electrons. The fraction of sp³-hybridized carbons (Fsp3) is 0.500. The van der Waals surface area contributed by atoms with Crippen LogP contribution in [-0.2, 0) is 14.3 Å². The number of benzene rings is 2. The lowest BCUT2D eigenvalue weighted by Gasteiger charge is -2.46. The highest BCUT2D eigenvalue weighted by Gasteiger charge is 2.43.